The third kappa shape index (κ3) is 2.31. The van der Waals surface area contributed by atoms with Crippen LogP contribution in [0.1, 0.15) is 11.3 Å². The maximum absolute atomic E-state index is 9.40. The van der Waals surface area contributed by atoms with E-state index in [4.69, 9.17) is 21.1 Å². The van der Waals surface area contributed by atoms with Crippen molar-refractivity contribution in [3.05, 3.63) is 52.8 Å². The van der Waals surface area contributed by atoms with E-state index in [0.717, 1.165) is 17.1 Å². The lowest BCUT2D eigenvalue weighted by atomic mass is 10.2. The first-order chi connectivity index (χ1) is 11.3. The highest BCUT2D eigenvalue weighted by molar-refractivity contribution is 6.30. The van der Waals surface area contributed by atoms with Crippen LogP contribution in [0.2, 0.25) is 5.02 Å². The summed E-state index contributed by atoms with van der Waals surface area (Å²) in [5, 5.41) is 13.2. The second-order valence-corrected chi connectivity index (χ2v) is 5.43. The maximum Gasteiger partial charge on any atom is 0.231 e. The van der Waals surface area contributed by atoms with Crippen LogP contribution in [0.5, 0.6) is 11.5 Å². The molecule has 0 spiro atoms. The van der Waals surface area contributed by atoms with E-state index >= 15 is 0 Å². The Labute approximate surface area is 136 Å². The van der Waals surface area contributed by atoms with Gasteiger partial charge in [0.25, 0.3) is 0 Å². The van der Waals surface area contributed by atoms with Crippen LogP contribution < -0.4 is 14.8 Å². The van der Waals surface area contributed by atoms with Crippen LogP contribution >= 0.6 is 11.6 Å². The zero-order valence-corrected chi connectivity index (χ0v) is 12.7. The predicted molar refractivity (Wildman–Crippen MR) is 84.8 cm³/mol. The number of hydrogen-bond donors (Lipinski definition) is 1. The van der Waals surface area contributed by atoms with Gasteiger partial charge in [0.2, 0.25) is 6.79 Å². The molecule has 6 nitrogen and oxygen atoms in total. The zero-order chi connectivity index (χ0) is 15.8. The van der Waals surface area contributed by atoms with E-state index in [9.17, 15) is 5.26 Å². The molecule has 4 rings (SSSR count). The molecule has 0 aliphatic carbocycles. The molecule has 0 saturated heterocycles. The number of para-hydroxylation sites is 1. The quantitative estimate of drug-likeness (QED) is 0.800. The summed E-state index contributed by atoms with van der Waals surface area (Å²) in [6.45, 7) is 0.696. The van der Waals surface area contributed by atoms with Crippen molar-refractivity contribution in [1.29, 1.82) is 5.26 Å². The van der Waals surface area contributed by atoms with Crippen molar-refractivity contribution in [3.63, 3.8) is 0 Å². The van der Waals surface area contributed by atoms with Crippen molar-refractivity contribution in [2.45, 2.75) is 6.54 Å². The Morgan fingerprint density at radius 2 is 2.26 bits per heavy atom. The smallest absolute Gasteiger partial charge is 0.231 e. The molecule has 2 aromatic heterocycles. The second kappa shape index (κ2) is 5.38. The minimum atomic E-state index is 0.225. The lowest BCUT2D eigenvalue weighted by Gasteiger charge is -2.07. The monoisotopic (exact) mass is 326 g/mol. The van der Waals surface area contributed by atoms with Crippen molar-refractivity contribution in [3.8, 4) is 17.6 Å². The number of rotatable bonds is 3. The predicted octanol–water partition coefficient (Wildman–Crippen LogP) is 3.20. The van der Waals surface area contributed by atoms with Crippen LogP contribution in [0.3, 0.4) is 0 Å². The number of ether oxygens (including phenoxy) is 2. The van der Waals surface area contributed by atoms with Gasteiger partial charge in [-0.1, -0.05) is 23.7 Å². The number of imidazole rings is 1. The third-order valence-corrected chi connectivity index (χ3v) is 3.85. The first-order valence-corrected chi connectivity index (χ1v) is 7.33. The van der Waals surface area contributed by atoms with E-state index in [2.05, 4.69) is 16.4 Å². The number of nitrogens with one attached hydrogen (secondary N) is 1. The van der Waals surface area contributed by atoms with Crippen LogP contribution in [0.15, 0.2) is 36.5 Å². The van der Waals surface area contributed by atoms with E-state index < -0.39 is 0 Å². The highest BCUT2D eigenvalue weighted by atomic mass is 35.5. The number of nitrogens with zero attached hydrogens (tertiary/aromatic N) is 3. The van der Waals surface area contributed by atoms with E-state index in [1.807, 2.05) is 18.2 Å². The molecule has 1 aliphatic heterocycles. The second-order valence-electron chi connectivity index (χ2n) is 5.00. The van der Waals surface area contributed by atoms with Crippen molar-refractivity contribution in [2.24, 2.45) is 0 Å². The van der Waals surface area contributed by atoms with Gasteiger partial charge in [-0.15, -0.1) is 0 Å². The Morgan fingerprint density at radius 1 is 1.35 bits per heavy atom. The molecule has 0 amide bonds. The molecule has 0 saturated carbocycles. The van der Waals surface area contributed by atoms with E-state index in [-0.39, 0.29) is 6.79 Å². The standard InChI is InChI=1S/C16H11ClN4O2/c17-11-4-5-21-12(7-18)16(20-14(21)6-11)19-8-10-2-1-3-13-15(10)23-9-22-13/h1-6,19H,8-9H2. The van der Waals surface area contributed by atoms with Gasteiger partial charge in [-0.05, 0) is 12.1 Å². The SMILES string of the molecule is N#Cc1c(NCc2cccc3c2OCO3)nc2cc(Cl)ccn12. The maximum atomic E-state index is 9.40. The summed E-state index contributed by atoms with van der Waals surface area (Å²) in [5.41, 5.74) is 2.00. The Bertz CT molecular complexity index is 945. The number of nitriles is 1. The van der Waals surface area contributed by atoms with Crippen molar-refractivity contribution in [1.82, 2.24) is 9.38 Å². The van der Waals surface area contributed by atoms with E-state index in [1.165, 1.54) is 0 Å². The number of aromatic nitrogens is 2. The van der Waals surface area contributed by atoms with Gasteiger partial charge in [0, 0.05) is 29.4 Å². The molecule has 1 aromatic carbocycles. The fraction of sp³-hybridized carbons (Fsp3) is 0.125. The molecule has 23 heavy (non-hydrogen) atoms. The van der Waals surface area contributed by atoms with Gasteiger partial charge >= 0.3 is 0 Å². The van der Waals surface area contributed by atoms with Gasteiger partial charge in [0.1, 0.15) is 11.7 Å². The van der Waals surface area contributed by atoms with Gasteiger partial charge in [0.15, 0.2) is 23.0 Å². The van der Waals surface area contributed by atoms with Crippen LogP contribution in [0.4, 0.5) is 5.82 Å². The van der Waals surface area contributed by atoms with Gasteiger partial charge in [-0.2, -0.15) is 5.26 Å². The normalized spacial score (nSPS) is 12.3. The lowest BCUT2D eigenvalue weighted by Crippen LogP contribution is -2.03. The summed E-state index contributed by atoms with van der Waals surface area (Å²) < 4.78 is 12.5. The first kappa shape index (κ1) is 13.7. The number of anilines is 1. The molecule has 0 fully saturated rings. The van der Waals surface area contributed by atoms with Crippen LogP contribution in [-0.2, 0) is 6.54 Å². The summed E-state index contributed by atoms with van der Waals surface area (Å²) in [6.07, 6.45) is 1.73. The number of halogens is 1. The Morgan fingerprint density at radius 3 is 3.13 bits per heavy atom. The number of hydrogen-bond acceptors (Lipinski definition) is 5. The Kier molecular flexibility index (Phi) is 3.21. The van der Waals surface area contributed by atoms with Crippen molar-refractivity contribution < 1.29 is 9.47 Å². The van der Waals surface area contributed by atoms with Crippen LogP contribution in [0.25, 0.3) is 5.65 Å². The lowest BCUT2D eigenvalue weighted by molar-refractivity contribution is 0.173. The molecular formula is C16H11ClN4O2. The van der Waals surface area contributed by atoms with Gasteiger partial charge in [0.05, 0.1) is 0 Å². The Balaban J connectivity index is 1.66. The fourth-order valence-electron chi connectivity index (χ4n) is 2.56. The number of fused-ring (bicyclic) bond motifs is 2. The Hall–Kier alpha value is -2.91. The summed E-state index contributed by atoms with van der Waals surface area (Å²) in [4.78, 5) is 4.43. The largest absolute Gasteiger partial charge is 0.454 e. The number of benzene rings is 1. The van der Waals surface area contributed by atoms with E-state index in [0.29, 0.717) is 28.7 Å². The van der Waals surface area contributed by atoms with Crippen LogP contribution in [0, 0.1) is 11.3 Å². The van der Waals surface area contributed by atoms with Gasteiger partial charge in [-0.25, -0.2) is 4.98 Å². The average Bonchev–Trinajstić information content (AvgIpc) is 3.16. The molecule has 0 atom stereocenters. The molecule has 7 heteroatoms. The summed E-state index contributed by atoms with van der Waals surface area (Å²) in [7, 11) is 0. The highest BCUT2D eigenvalue weighted by Gasteiger charge is 2.18. The molecule has 3 heterocycles. The summed E-state index contributed by atoms with van der Waals surface area (Å²) >= 11 is 5.97. The summed E-state index contributed by atoms with van der Waals surface area (Å²) in [6, 6.07) is 11.3. The van der Waals surface area contributed by atoms with Gasteiger partial charge < -0.3 is 14.8 Å². The number of pyridine rings is 1. The molecule has 0 bridgehead atoms. The first-order valence-electron chi connectivity index (χ1n) is 6.95. The molecule has 0 unspecified atom stereocenters. The van der Waals surface area contributed by atoms with E-state index in [1.54, 1.807) is 22.7 Å². The zero-order valence-electron chi connectivity index (χ0n) is 11.9. The molecule has 3 aromatic rings. The van der Waals surface area contributed by atoms with Crippen molar-refractivity contribution >= 4 is 23.1 Å². The van der Waals surface area contributed by atoms with Crippen LogP contribution in [-0.4, -0.2) is 16.2 Å². The third-order valence-electron chi connectivity index (χ3n) is 3.62. The fourth-order valence-corrected chi connectivity index (χ4v) is 2.71. The summed E-state index contributed by atoms with van der Waals surface area (Å²) in [5.74, 6) is 1.96. The molecular weight excluding hydrogens is 316 g/mol. The minimum absolute atomic E-state index is 0.225. The topological polar surface area (TPSA) is 71.6 Å². The molecule has 0 radical (unpaired) electrons. The molecule has 1 N–H and O–H groups in total. The molecule has 114 valence electrons. The van der Waals surface area contributed by atoms with Gasteiger partial charge in [-0.3, -0.25) is 4.40 Å². The highest BCUT2D eigenvalue weighted by Crippen LogP contribution is 2.35. The minimum Gasteiger partial charge on any atom is -0.454 e. The van der Waals surface area contributed by atoms with Crippen molar-refractivity contribution in [2.75, 3.05) is 12.1 Å². The average molecular weight is 327 g/mol. The molecule has 1 aliphatic rings.